The van der Waals surface area contributed by atoms with E-state index in [0.29, 0.717) is 19.6 Å². The number of carboxylic acids is 1. The van der Waals surface area contributed by atoms with E-state index in [0.717, 1.165) is 5.57 Å². The molecule has 0 bridgehead atoms. The van der Waals surface area contributed by atoms with E-state index in [4.69, 9.17) is 14.6 Å². The highest BCUT2D eigenvalue weighted by Crippen LogP contribution is 2.36. The van der Waals surface area contributed by atoms with Crippen molar-refractivity contribution in [1.29, 1.82) is 0 Å². The number of aliphatic carboxylic acids is 1. The molecule has 88 valence electrons. The molecule has 0 aromatic rings. The lowest BCUT2D eigenvalue weighted by Crippen LogP contribution is -2.32. The Balaban J connectivity index is 2.16. The van der Waals surface area contributed by atoms with Gasteiger partial charge in [-0.1, -0.05) is 18.2 Å². The first-order valence-corrected chi connectivity index (χ1v) is 5.37. The maximum Gasteiger partial charge on any atom is 0.313 e. The van der Waals surface area contributed by atoms with E-state index in [1.807, 2.05) is 13.0 Å². The summed E-state index contributed by atoms with van der Waals surface area (Å²) in [5, 5.41) is 9.07. The van der Waals surface area contributed by atoms with Gasteiger partial charge in [-0.2, -0.15) is 0 Å². The van der Waals surface area contributed by atoms with Gasteiger partial charge in [0.1, 0.15) is 0 Å². The van der Waals surface area contributed by atoms with Gasteiger partial charge in [0.15, 0.2) is 5.79 Å². The zero-order valence-corrected chi connectivity index (χ0v) is 9.53. The summed E-state index contributed by atoms with van der Waals surface area (Å²) in [4.78, 5) is 11.0. The Hall–Kier alpha value is -1.13. The minimum atomic E-state index is -0.808. The van der Waals surface area contributed by atoms with E-state index >= 15 is 0 Å². The fraction of sp³-hybridized carbons (Fsp3) is 0.583. The zero-order chi connectivity index (χ0) is 11.8. The van der Waals surface area contributed by atoms with Crippen LogP contribution >= 0.6 is 0 Å². The van der Waals surface area contributed by atoms with Gasteiger partial charge >= 0.3 is 5.97 Å². The van der Waals surface area contributed by atoms with Crippen LogP contribution in [0.4, 0.5) is 0 Å². The van der Waals surface area contributed by atoms with Crippen molar-refractivity contribution in [2.75, 3.05) is 13.2 Å². The van der Waals surface area contributed by atoms with Crippen molar-refractivity contribution in [2.45, 2.75) is 26.1 Å². The van der Waals surface area contributed by atoms with Gasteiger partial charge in [0.2, 0.25) is 0 Å². The van der Waals surface area contributed by atoms with Crippen LogP contribution in [0, 0.1) is 5.41 Å². The van der Waals surface area contributed by atoms with Crippen LogP contribution < -0.4 is 0 Å². The maximum atomic E-state index is 11.0. The number of hydrogen-bond donors (Lipinski definition) is 1. The van der Waals surface area contributed by atoms with E-state index in [-0.39, 0.29) is 0 Å². The minimum absolute atomic E-state index is 0.469. The summed E-state index contributed by atoms with van der Waals surface area (Å²) >= 11 is 0. The van der Waals surface area contributed by atoms with Gasteiger partial charge in [-0.25, -0.2) is 0 Å². The van der Waals surface area contributed by atoms with E-state index in [2.05, 4.69) is 0 Å². The third kappa shape index (κ3) is 1.79. The summed E-state index contributed by atoms with van der Waals surface area (Å²) in [5.41, 5.74) is 0.0991. The van der Waals surface area contributed by atoms with E-state index in [1.165, 1.54) is 0 Å². The Labute approximate surface area is 94.5 Å². The smallest absolute Gasteiger partial charge is 0.313 e. The van der Waals surface area contributed by atoms with Crippen molar-refractivity contribution < 1.29 is 19.4 Å². The Bertz CT molecular complexity index is 363. The molecule has 2 rings (SSSR count). The predicted octanol–water partition coefficient (Wildman–Crippen LogP) is 1.73. The van der Waals surface area contributed by atoms with Gasteiger partial charge in [-0.15, -0.1) is 0 Å². The number of carbonyl (C=O) groups is 1. The second-order valence-electron chi connectivity index (χ2n) is 4.56. The van der Waals surface area contributed by atoms with Crippen LogP contribution in [-0.2, 0) is 14.3 Å². The molecule has 4 nitrogen and oxygen atoms in total. The van der Waals surface area contributed by atoms with E-state index in [1.54, 1.807) is 19.1 Å². The van der Waals surface area contributed by atoms with Crippen LogP contribution in [0.1, 0.15) is 20.3 Å². The Morgan fingerprint density at radius 1 is 1.38 bits per heavy atom. The number of hydrogen-bond acceptors (Lipinski definition) is 3. The third-order valence-corrected chi connectivity index (χ3v) is 3.23. The lowest BCUT2D eigenvalue weighted by atomic mass is 9.81. The molecule has 1 N–H and O–H groups in total. The Kier molecular flexibility index (Phi) is 2.64. The first-order chi connectivity index (χ1) is 7.46. The van der Waals surface area contributed by atoms with Crippen molar-refractivity contribution in [3.63, 3.8) is 0 Å². The first-order valence-electron chi connectivity index (χ1n) is 5.37. The molecule has 4 heteroatoms. The summed E-state index contributed by atoms with van der Waals surface area (Å²) in [5.74, 6) is -1.51. The normalized spacial score (nSPS) is 32.5. The van der Waals surface area contributed by atoms with E-state index < -0.39 is 17.2 Å². The number of carboxylic acid groups (broad SMARTS) is 1. The average molecular weight is 224 g/mol. The first kappa shape index (κ1) is 11.4. The lowest BCUT2D eigenvalue weighted by molar-refractivity contribution is -0.145. The monoisotopic (exact) mass is 224 g/mol. The molecule has 1 atom stereocenters. The Morgan fingerprint density at radius 2 is 2.00 bits per heavy atom. The van der Waals surface area contributed by atoms with Gasteiger partial charge < -0.3 is 14.6 Å². The molecule has 1 aliphatic carbocycles. The quantitative estimate of drug-likeness (QED) is 0.776. The highest BCUT2D eigenvalue weighted by molar-refractivity contribution is 5.77. The van der Waals surface area contributed by atoms with Gasteiger partial charge in [0, 0.05) is 5.57 Å². The van der Waals surface area contributed by atoms with Gasteiger partial charge in [-0.05, 0) is 20.3 Å². The molecule has 0 spiro atoms. The van der Waals surface area contributed by atoms with Crippen LogP contribution in [-0.4, -0.2) is 30.1 Å². The summed E-state index contributed by atoms with van der Waals surface area (Å²) in [6.45, 7) is 4.73. The topological polar surface area (TPSA) is 55.8 Å². The van der Waals surface area contributed by atoms with Crippen LogP contribution in [0.3, 0.4) is 0 Å². The highest BCUT2D eigenvalue weighted by Gasteiger charge is 2.38. The molecule has 1 aliphatic heterocycles. The number of allylic oxidation sites excluding steroid dienone is 1. The molecule has 2 aliphatic rings. The Morgan fingerprint density at radius 3 is 2.44 bits per heavy atom. The molecular formula is C12H16O4. The van der Waals surface area contributed by atoms with E-state index in [9.17, 15) is 4.79 Å². The fourth-order valence-corrected chi connectivity index (χ4v) is 1.91. The summed E-state index contributed by atoms with van der Waals surface area (Å²) < 4.78 is 11.0. The molecule has 1 fully saturated rings. The fourth-order valence-electron chi connectivity index (χ4n) is 1.91. The largest absolute Gasteiger partial charge is 0.481 e. The summed E-state index contributed by atoms with van der Waals surface area (Å²) in [7, 11) is 0. The molecule has 1 saturated heterocycles. The summed E-state index contributed by atoms with van der Waals surface area (Å²) in [6, 6.07) is 0. The second-order valence-corrected chi connectivity index (χ2v) is 4.56. The van der Waals surface area contributed by atoms with Crippen molar-refractivity contribution in [3.8, 4) is 0 Å². The zero-order valence-electron chi connectivity index (χ0n) is 9.53. The third-order valence-electron chi connectivity index (χ3n) is 3.23. The van der Waals surface area contributed by atoms with Crippen LogP contribution in [0.25, 0.3) is 0 Å². The van der Waals surface area contributed by atoms with Gasteiger partial charge in [0.25, 0.3) is 0 Å². The van der Waals surface area contributed by atoms with Crippen molar-refractivity contribution in [2.24, 2.45) is 5.41 Å². The number of ether oxygens (including phenoxy) is 2. The molecule has 0 saturated carbocycles. The van der Waals surface area contributed by atoms with Gasteiger partial charge in [0.05, 0.1) is 18.6 Å². The van der Waals surface area contributed by atoms with Crippen molar-refractivity contribution in [1.82, 2.24) is 0 Å². The maximum absolute atomic E-state index is 11.0. The number of rotatable bonds is 2. The molecule has 1 unspecified atom stereocenters. The standard InChI is InChI=1S/C12H16O4/c1-11(10(13)14)5-3-9(4-6-11)12(2)15-7-8-16-12/h3-5H,6-8H2,1-2H3,(H,13,14). The molecule has 0 aromatic carbocycles. The molecule has 16 heavy (non-hydrogen) atoms. The lowest BCUT2D eigenvalue weighted by Gasteiger charge is -2.29. The molecule has 0 radical (unpaired) electrons. The summed E-state index contributed by atoms with van der Waals surface area (Å²) in [6.07, 6.45) is 5.86. The molecule has 0 amide bonds. The SMILES string of the molecule is CC1(C(=O)O)C=CC(C2(C)OCCO2)=CC1. The van der Waals surface area contributed by atoms with Crippen LogP contribution in [0.2, 0.25) is 0 Å². The average Bonchev–Trinajstić information content (AvgIpc) is 2.67. The van der Waals surface area contributed by atoms with Crippen molar-refractivity contribution in [3.05, 3.63) is 23.8 Å². The van der Waals surface area contributed by atoms with Crippen LogP contribution in [0.5, 0.6) is 0 Å². The van der Waals surface area contributed by atoms with Crippen molar-refractivity contribution >= 4 is 5.97 Å². The molecule has 1 heterocycles. The van der Waals surface area contributed by atoms with Crippen LogP contribution in [0.15, 0.2) is 23.8 Å². The minimum Gasteiger partial charge on any atom is -0.481 e. The predicted molar refractivity (Wildman–Crippen MR) is 57.9 cm³/mol. The molecule has 0 aromatic heterocycles. The highest BCUT2D eigenvalue weighted by atomic mass is 16.7. The second kappa shape index (κ2) is 3.71. The van der Waals surface area contributed by atoms with Gasteiger partial charge in [-0.3, -0.25) is 4.79 Å². The molecular weight excluding hydrogens is 208 g/mol.